The lowest BCUT2D eigenvalue weighted by Crippen LogP contribution is -2.12. The summed E-state index contributed by atoms with van der Waals surface area (Å²) < 4.78 is 99.9. The molecule has 19 nitrogen and oxygen atoms in total. The first-order chi connectivity index (χ1) is 19.6. The summed E-state index contributed by atoms with van der Waals surface area (Å²) in [5.74, 6) is -1.21. The smallest absolute Gasteiger partial charge is 0.296 e. The Morgan fingerprint density at radius 2 is 1.31 bits per heavy atom. The quantitative estimate of drug-likeness (QED) is 0.0436. The first-order valence-corrected chi connectivity index (χ1v) is 15.9. The number of azo groups is 2. The molecule has 0 aliphatic rings. The van der Waals surface area contributed by atoms with Crippen molar-refractivity contribution < 1.29 is 53.2 Å². The molecule has 3 aromatic rings. The van der Waals surface area contributed by atoms with Crippen LogP contribution in [0, 0.1) is 0 Å². The molecule has 0 unspecified atom stereocenters. The zero-order valence-electron chi connectivity index (χ0n) is 20.6. The molecule has 0 saturated carbocycles. The van der Waals surface area contributed by atoms with Gasteiger partial charge in [0.2, 0.25) is 0 Å². The molecule has 7 N–H and O–H groups in total. The lowest BCUT2D eigenvalue weighted by molar-refractivity contribution is -0.434. The van der Waals surface area contributed by atoms with E-state index in [4.69, 9.17) is 16.7 Å². The van der Waals surface area contributed by atoms with E-state index < -0.39 is 62.8 Å². The van der Waals surface area contributed by atoms with Gasteiger partial charge in [-0.05, 0) is 30.3 Å². The summed E-state index contributed by atoms with van der Waals surface area (Å²) in [7, 11) is -13.8. The van der Waals surface area contributed by atoms with Crippen molar-refractivity contribution in [3.05, 3.63) is 48.5 Å². The van der Waals surface area contributed by atoms with E-state index in [0.717, 1.165) is 24.3 Å². The van der Waals surface area contributed by atoms with Gasteiger partial charge >= 0.3 is 0 Å². The van der Waals surface area contributed by atoms with Crippen LogP contribution in [0.3, 0.4) is 0 Å². The molecule has 0 spiro atoms. The normalized spacial score (nSPS) is 12.8. The van der Waals surface area contributed by atoms with Crippen LogP contribution in [0.4, 0.5) is 34.4 Å². The SMILES string of the molecule is Nc1nc(N)c(/N=N/c2ccc(S(=O)(=O)CCOSOOO)cc2S(=O)(=O)O)cc1/N=N/c1ccccc1S(=O)(=O)O. The van der Waals surface area contributed by atoms with Crippen molar-refractivity contribution in [1.29, 1.82) is 0 Å². The highest BCUT2D eigenvalue weighted by molar-refractivity contribution is 7.91. The van der Waals surface area contributed by atoms with Crippen LogP contribution in [0.2, 0.25) is 0 Å². The maximum atomic E-state index is 12.5. The third-order valence-electron chi connectivity index (χ3n) is 4.82. The second-order valence-corrected chi connectivity index (χ2v) is 13.0. The van der Waals surface area contributed by atoms with E-state index in [0.29, 0.717) is 6.07 Å². The van der Waals surface area contributed by atoms with Gasteiger partial charge in [0.1, 0.15) is 32.5 Å². The molecule has 0 saturated heterocycles. The Hall–Kier alpha value is -3.65. The van der Waals surface area contributed by atoms with E-state index >= 15 is 0 Å². The average Bonchev–Trinajstić information content (AvgIpc) is 2.91. The third kappa shape index (κ3) is 8.68. The number of nitrogens with two attached hydrogens (primary N) is 2. The summed E-state index contributed by atoms with van der Waals surface area (Å²) in [5, 5.41) is 26.3. The maximum absolute atomic E-state index is 12.5. The number of hydrogen-bond donors (Lipinski definition) is 5. The minimum absolute atomic E-state index is 0.140. The van der Waals surface area contributed by atoms with Crippen molar-refractivity contribution >= 4 is 76.8 Å². The van der Waals surface area contributed by atoms with Crippen molar-refractivity contribution in [2.24, 2.45) is 20.5 Å². The molecule has 0 aliphatic carbocycles. The molecule has 42 heavy (non-hydrogen) atoms. The number of rotatable bonds is 13. The first kappa shape index (κ1) is 32.9. The number of nitrogen functional groups attached to an aromatic ring is 2. The molecular weight excluding hydrogens is 647 g/mol. The molecular formula is C19H19N7O12S4. The monoisotopic (exact) mass is 665 g/mol. The summed E-state index contributed by atoms with van der Waals surface area (Å²) in [6.45, 7) is -0.455. The van der Waals surface area contributed by atoms with Crippen LogP contribution < -0.4 is 11.5 Å². The first-order valence-electron chi connectivity index (χ1n) is 10.7. The maximum Gasteiger partial charge on any atom is 0.296 e. The van der Waals surface area contributed by atoms with E-state index in [9.17, 15) is 34.4 Å². The van der Waals surface area contributed by atoms with Gasteiger partial charge in [0, 0.05) is 6.07 Å². The van der Waals surface area contributed by atoms with Gasteiger partial charge in [-0.25, -0.2) is 18.7 Å². The van der Waals surface area contributed by atoms with Crippen molar-refractivity contribution in [3.63, 3.8) is 0 Å². The Balaban J connectivity index is 1.94. The topological polar surface area (TPSA) is 305 Å². The molecule has 226 valence electrons. The second kappa shape index (κ2) is 13.6. The van der Waals surface area contributed by atoms with Crippen molar-refractivity contribution in [1.82, 2.24) is 4.98 Å². The predicted molar refractivity (Wildman–Crippen MR) is 144 cm³/mol. The number of pyridine rings is 1. The van der Waals surface area contributed by atoms with Crippen LogP contribution in [-0.2, 0) is 43.6 Å². The number of benzene rings is 2. The van der Waals surface area contributed by atoms with Crippen LogP contribution in [0.5, 0.6) is 0 Å². The van der Waals surface area contributed by atoms with Gasteiger partial charge in [-0.2, -0.15) is 16.8 Å². The minimum Gasteiger partial charge on any atom is -0.382 e. The van der Waals surface area contributed by atoms with Crippen molar-refractivity contribution in [2.45, 2.75) is 14.7 Å². The fourth-order valence-electron chi connectivity index (χ4n) is 2.96. The predicted octanol–water partition coefficient (Wildman–Crippen LogP) is 3.34. The van der Waals surface area contributed by atoms with Gasteiger partial charge in [-0.3, -0.25) is 13.3 Å². The van der Waals surface area contributed by atoms with Crippen LogP contribution in [-0.4, -0.2) is 57.0 Å². The summed E-state index contributed by atoms with van der Waals surface area (Å²) in [4.78, 5) is 1.87. The number of sulfone groups is 1. The Bertz CT molecular complexity index is 1850. The highest BCUT2D eigenvalue weighted by atomic mass is 32.2. The lowest BCUT2D eigenvalue weighted by Gasteiger charge is -2.08. The number of nitrogens with zero attached hydrogens (tertiary/aromatic N) is 5. The zero-order chi connectivity index (χ0) is 31.1. The molecule has 3 rings (SSSR count). The van der Waals surface area contributed by atoms with E-state index in [2.05, 4.69) is 39.0 Å². The van der Waals surface area contributed by atoms with Gasteiger partial charge in [0.25, 0.3) is 20.2 Å². The van der Waals surface area contributed by atoms with E-state index in [1.165, 1.54) is 18.2 Å². The number of hydrogen-bond acceptors (Lipinski definition) is 18. The Labute approximate surface area is 241 Å². The summed E-state index contributed by atoms with van der Waals surface area (Å²) in [5.41, 5.74) is 10.5. The number of anilines is 2. The molecule has 1 heterocycles. The van der Waals surface area contributed by atoms with E-state index in [1.807, 2.05) is 0 Å². The van der Waals surface area contributed by atoms with Crippen LogP contribution in [0.25, 0.3) is 0 Å². The molecule has 0 radical (unpaired) electrons. The number of aromatic nitrogens is 1. The second-order valence-electron chi connectivity index (χ2n) is 7.60. The van der Waals surface area contributed by atoms with Crippen molar-refractivity contribution in [2.75, 3.05) is 23.8 Å². The van der Waals surface area contributed by atoms with Crippen LogP contribution in [0.15, 0.2) is 83.7 Å². The Morgan fingerprint density at radius 3 is 1.88 bits per heavy atom. The molecule has 2 aromatic carbocycles. The molecule has 0 amide bonds. The zero-order valence-corrected chi connectivity index (χ0v) is 23.8. The highest BCUT2D eigenvalue weighted by Crippen LogP contribution is 2.35. The summed E-state index contributed by atoms with van der Waals surface area (Å²) in [6.07, 6.45) is 0. The molecule has 23 heteroatoms. The molecule has 0 aliphatic heterocycles. The van der Waals surface area contributed by atoms with Crippen molar-refractivity contribution in [3.8, 4) is 0 Å². The lowest BCUT2D eigenvalue weighted by atomic mass is 10.3. The van der Waals surface area contributed by atoms with Crippen LogP contribution >= 0.6 is 12.3 Å². The van der Waals surface area contributed by atoms with Crippen LogP contribution in [0.1, 0.15) is 0 Å². The Kier molecular flexibility index (Phi) is 10.6. The van der Waals surface area contributed by atoms with E-state index in [-0.39, 0.29) is 41.0 Å². The third-order valence-corrected chi connectivity index (χ3v) is 8.66. The van der Waals surface area contributed by atoms with Gasteiger partial charge in [0.15, 0.2) is 33.8 Å². The fourth-order valence-corrected chi connectivity index (χ4v) is 5.74. The van der Waals surface area contributed by atoms with E-state index in [1.54, 1.807) is 0 Å². The summed E-state index contributed by atoms with van der Waals surface area (Å²) in [6, 6.07) is 8.85. The summed E-state index contributed by atoms with van der Waals surface area (Å²) >= 11 is 0.140. The van der Waals surface area contributed by atoms with Gasteiger partial charge in [-0.15, -0.1) is 24.8 Å². The molecule has 0 fully saturated rings. The molecule has 0 atom stereocenters. The highest BCUT2D eigenvalue weighted by Gasteiger charge is 2.22. The standard InChI is InChI=1S/C19H19N7O12S4/c20-18-14(25-23-12-3-1-2-4-16(12)41(30,31)32)10-15(19(21)22-18)26-24-13-6-5-11(9-17(13)42(33,34)35)40(28,29)8-7-36-39-38-37-27/h1-6,9-10,27H,7-8H2,(H4,20,21,22)(H,30,31,32)(H,33,34,35)/b25-23+,26-24+. The molecule has 1 aromatic heterocycles. The average molecular weight is 666 g/mol. The minimum atomic E-state index is -5.02. The molecule has 0 bridgehead atoms. The van der Waals surface area contributed by atoms with Gasteiger partial charge in [-0.1, -0.05) is 17.2 Å². The van der Waals surface area contributed by atoms with Gasteiger partial charge in [0.05, 0.1) is 17.3 Å². The van der Waals surface area contributed by atoms with Gasteiger partial charge < -0.3 is 11.5 Å². The largest absolute Gasteiger partial charge is 0.382 e. The fraction of sp³-hybridized carbons (Fsp3) is 0.105. The Morgan fingerprint density at radius 1 is 0.762 bits per heavy atom.